The highest BCUT2D eigenvalue weighted by molar-refractivity contribution is 7.15. The average molecular weight is 318 g/mol. The van der Waals surface area contributed by atoms with Crippen molar-refractivity contribution >= 4 is 17.2 Å². The van der Waals surface area contributed by atoms with Gasteiger partial charge >= 0.3 is 0 Å². The first kappa shape index (κ1) is 16.5. The monoisotopic (exact) mass is 318 g/mol. The summed E-state index contributed by atoms with van der Waals surface area (Å²) in [6.07, 6.45) is 0.357. The number of methoxy groups -OCH3 is 1. The lowest BCUT2D eigenvalue weighted by molar-refractivity contribution is -0.121. The zero-order valence-electron chi connectivity index (χ0n) is 13.7. The van der Waals surface area contributed by atoms with Crippen LogP contribution in [-0.4, -0.2) is 23.5 Å². The second-order valence-electron chi connectivity index (χ2n) is 6.20. The van der Waals surface area contributed by atoms with Gasteiger partial charge in [0.1, 0.15) is 10.8 Å². The van der Waals surface area contributed by atoms with Crippen molar-refractivity contribution in [2.75, 3.05) is 7.11 Å². The molecule has 5 heteroatoms. The van der Waals surface area contributed by atoms with E-state index in [1.165, 1.54) is 0 Å². The molecule has 0 saturated carbocycles. The first-order valence-electron chi connectivity index (χ1n) is 7.21. The number of para-hydroxylation sites is 1. The average Bonchev–Trinajstić information content (AvgIpc) is 2.77. The fraction of sp³-hybridized carbons (Fsp3) is 0.412. The van der Waals surface area contributed by atoms with Crippen LogP contribution in [0.25, 0.3) is 10.6 Å². The number of nitrogens with zero attached hydrogens (tertiary/aromatic N) is 1. The van der Waals surface area contributed by atoms with E-state index in [1.54, 1.807) is 18.4 Å². The molecule has 118 valence electrons. The third kappa shape index (κ3) is 4.07. The highest BCUT2D eigenvalue weighted by Crippen LogP contribution is 2.34. The van der Waals surface area contributed by atoms with Crippen LogP contribution < -0.4 is 10.1 Å². The van der Waals surface area contributed by atoms with Gasteiger partial charge in [-0.15, -0.1) is 11.3 Å². The van der Waals surface area contributed by atoms with E-state index in [-0.39, 0.29) is 11.4 Å². The van der Waals surface area contributed by atoms with Crippen molar-refractivity contribution in [1.29, 1.82) is 0 Å². The molecule has 22 heavy (non-hydrogen) atoms. The summed E-state index contributed by atoms with van der Waals surface area (Å²) in [5.41, 5.74) is 1.64. The van der Waals surface area contributed by atoms with Gasteiger partial charge in [-0.3, -0.25) is 4.79 Å². The number of aryl methyl sites for hydroxylation is 1. The lowest BCUT2D eigenvalue weighted by Crippen LogP contribution is -2.41. The van der Waals surface area contributed by atoms with E-state index < -0.39 is 0 Å². The smallest absolute Gasteiger partial charge is 0.225 e. The van der Waals surface area contributed by atoms with Gasteiger partial charge in [0.05, 0.1) is 24.8 Å². The molecule has 0 atom stereocenters. The van der Waals surface area contributed by atoms with Crippen molar-refractivity contribution < 1.29 is 9.53 Å². The number of thiazole rings is 1. The molecule has 2 aromatic rings. The summed E-state index contributed by atoms with van der Waals surface area (Å²) in [6, 6.07) is 7.79. The fourth-order valence-electron chi connectivity index (χ4n) is 2.14. The van der Waals surface area contributed by atoms with Gasteiger partial charge in [-0.2, -0.15) is 0 Å². The minimum atomic E-state index is -0.221. The minimum absolute atomic E-state index is 0.0193. The Hall–Kier alpha value is -1.88. The molecular formula is C17H22N2O2S. The Morgan fingerprint density at radius 1 is 1.32 bits per heavy atom. The molecule has 1 N–H and O–H groups in total. The molecule has 2 rings (SSSR count). The van der Waals surface area contributed by atoms with Crippen LogP contribution in [0.1, 0.15) is 31.3 Å². The van der Waals surface area contributed by atoms with E-state index in [1.807, 2.05) is 52.0 Å². The third-order valence-corrected chi connectivity index (χ3v) is 4.26. The molecule has 1 amide bonds. The van der Waals surface area contributed by atoms with E-state index in [9.17, 15) is 4.79 Å². The maximum Gasteiger partial charge on any atom is 0.225 e. The number of aromatic nitrogens is 1. The Morgan fingerprint density at radius 2 is 2.00 bits per heavy atom. The molecule has 0 saturated heterocycles. The normalized spacial score (nSPS) is 11.3. The highest BCUT2D eigenvalue weighted by Gasteiger charge is 2.18. The third-order valence-electron chi connectivity index (χ3n) is 3.07. The van der Waals surface area contributed by atoms with Crippen LogP contribution in [0.15, 0.2) is 24.3 Å². The van der Waals surface area contributed by atoms with Crippen LogP contribution >= 0.6 is 11.3 Å². The number of hydrogen-bond acceptors (Lipinski definition) is 4. The number of benzene rings is 1. The van der Waals surface area contributed by atoms with Crippen LogP contribution in [0.3, 0.4) is 0 Å². The molecule has 1 aromatic heterocycles. The number of carbonyl (C=O) groups is 1. The number of amides is 1. The lowest BCUT2D eigenvalue weighted by Gasteiger charge is -2.20. The summed E-state index contributed by atoms with van der Waals surface area (Å²) in [5, 5.41) is 3.86. The molecule has 0 bridgehead atoms. The molecule has 0 aliphatic carbocycles. The van der Waals surface area contributed by atoms with Crippen molar-refractivity contribution in [2.45, 2.75) is 39.7 Å². The zero-order chi connectivity index (χ0) is 16.3. The standard InChI is InChI=1S/C17H22N2O2S/c1-11-14(10-15(20)19-17(2,3)4)22-16(18-11)12-8-6-7-9-13(12)21-5/h6-9H,10H2,1-5H3,(H,19,20). The number of ether oxygens (including phenoxy) is 1. The van der Waals surface area contributed by atoms with Gasteiger partial charge < -0.3 is 10.1 Å². The predicted molar refractivity (Wildman–Crippen MR) is 90.4 cm³/mol. The van der Waals surface area contributed by atoms with Crippen molar-refractivity contribution in [3.63, 3.8) is 0 Å². The summed E-state index contributed by atoms with van der Waals surface area (Å²) in [6.45, 7) is 7.87. The quantitative estimate of drug-likeness (QED) is 0.937. The summed E-state index contributed by atoms with van der Waals surface area (Å²) in [7, 11) is 1.65. The van der Waals surface area contributed by atoms with Crippen LogP contribution in [0.5, 0.6) is 5.75 Å². The van der Waals surface area contributed by atoms with Crippen molar-refractivity contribution in [3.8, 4) is 16.3 Å². The molecule has 0 spiro atoms. The van der Waals surface area contributed by atoms with Crippen LogP contribution in [0.4, 0.5) is 0 Å². The number of carbonyl (C=O) groups excluding carboxylic acids is 1. The Morgan fingerprint density at radius 3 is 2.64 bits per heavy atom. The maximum atomic E-state index is 12.1. The topological polar surface area (TPSA) is 51.2 Å². The Kier molecular flexibility index (Phi) is 4.86. The molecule has 0 fully saturated rings. The van der Waals surface area contributed by atoms with Gasteiger partial charge in [0, 0.05) is 10.4 Å². The van der Waals surface area contributed by atoms with E-state index in [0.29, 0.717) is 6.42 Å². The summed E-state index contributed by atoms with van der Waals surface area (Å²) in [4.78, 5) is 17.7. The largest absolute Gasteiger partial charge is 0.496 e. The van der Waals surface area contributed by atoms with Gasteiger partial charge in [0.15, 0.2) is 0 Å². The Labute approximate surface area is 135 Å². The van der Waals surface area contributed by atoms with Gasteiger partial charge in [-0.1, -0.05) is 12.1 Å². The summed E-state index contributed by atoms with van der Waals surface area (Å²) < 4.78 is 5.38. The summed E-state index contributed by atoms with van der Waals surface area (Å²) >= 11 is 1.54. The maximum absolute atomic E-state index is 12.1. The second kappa shape index (κ2) is 6.48. The number of hydrogen-bond donors (Lipinski definition) is 1. The Balaban J connectivity index is 2.23. The van der Waals surface area contributed by atoms with Gasteiger partial charge in [0.25, 0.3) is 0 Å². The zero-order valence-corrected chi connectivity index (χ0v) is 14.5. The van der Waals surface area contributed by atoms with Gasteiger partial charge in [-0.05, 0) is 39.8 Å². The first-order chi connectivity index (χ1) is 10.3. The van der Waals surface area contributed by atoms with Crippen LogP contribution in [0, 0.1) is 6.92 Å². The molecule has 0 aliphatic heterocycles. The molecule has 1 aromatic carbocycles. The first-order valence-corrected chi connectivity index (χ1v) is 8.02. The fourth-order valence-corrected chi connectivity index (χ4v) is 3.23. The molecule has 0 radical (unpaired) electrons. The van der Waals surface area contributed by atoms with Gasteiger partial charge in [-0.25, -0.2) is 4.98 Å². The predicted octanol–water partition coefficient (Wildman–Crippen LogP) is 3.58. The van der Waals surface area contributed by atoms with E-state index in [0.717, 1.165) is 26.9 Å². The highest BCUT2D eigenvalue weighted by atomic mass is 32.1. The molecular weight excluding hydrogens is 296 g/mol. The molecule has 4 nitrogen and oxygen atoms in total. The molecule has 0 unspecified atom stereocenters. The second-order valence-corrected chi connectivity index (χ2v) is 7.29. The van der Waals surface area contributed by atoms with E-state index in [2.05, 4.69) is 10.3 Å². The van der Waals surface area contributed by atoms with Crippen LogP contribution in [-0.2, 0) is 11.2 Å². The minimum Gasteiger partial charge on any atom is -0.496 e. The van der Waals surface area contributed by atoms with Gasteiger partial charge in [0.2, 0.25) is 5.91 Å². The number of rotatable bonds is 4. The lowest BCUT2D eigenvalue weighted by atomic mass is 10.1. The summed E-state index contributed by atoms with van der Waals surface area (Å²) in [5.74, 6) is 0.813. The van der Waals surface area contributed by atoms with Crippen LogP contribution in [0.2, 0.25) is 0 Å². The SMILES string of the molecule is COc1ccccc1-c1nc(C)c(CC(=O)NC(C)(C)C)s1. The van der Waals surface area contributed by atoms with E-state index in [4.69, 9.17) is 4.74 Å². The Bertz CT molecular complexity index is 672. The van der Waals surface area contributed by atoms with E-state index >= 15 is 0 Å². The molecule has 1 heterocycles. The van der Waals surface area contributed by atoms with Crippen molar-refractivity contribution in [3.05, 3.63) is 34.8 Å². The van der Waals surface area contributed by atoms with Crippen molar-refractivity contribution in [2.24, 2.45) is 0 Å². The number of nitrogens with one attached hydrogen (secondary N) is 1. The van der Waals surface area contributed by atoms with Crippen molar-refractivity contribution in [1.82, 2.24) is 10.3 Å². The molecule has 0 aliphatic rings.